The molecule has 0 amide bonds. The summed E-state index contributed by atoms with van der Waals surface area (Å²) in [5, 5.41) is 3.27. The number of likely N-dealkylation sites (tertiary alicyclic amines) is 1. The zero-order chi connectivity index (χ0) is 11.3. The van der Waals surface area contributed by atoms with Crippen molar-refractivity contribution in [2.75, 3.05) is 46.9 Å². The lowest BCUT2D eigenvalue weighted by Crippen LogP contribution is -2.36. The van der Waals surface area contributed by atoms with Crippen LogP contribution in [0.3, 0.4) is 0 Å². The normalized spacial score (nSPS) is 23.6. The van der Waals surface area contributed by atoms with Gasteiger partial charge < -0.3 is 15.0 Å². The topological polar surface area (TPSA) is 24.5 Å². The van der Waals surface area contributed by atoms with Crippen molar-refractivity contribution in [1.82, 2.24) is 10.2 Å². The average molecular weight is 214 g/mol. The van der Waals surface area contributed by atoms with E-state index in [4.69, 9.17) is 4.74 Å². The second-order valence-corrected chi connectivity index (χ2v) is 5.54. The number of hydrogen-bond acceptors (Lipinski definition) is 3. The first kappa shape index (κ1) is 12.9. The Morgan fingerprint density at radius 2 is 2.20 bits per heavy atom. The Bertz CT molecular complexity index is 182. The standard InChI is InChI=1S/C12H26N2O/c1-12(2,10-15-4)9-14-6-5-11(8-14)7-13-3/h11,13H,5-10H2,1-4H3. The molecular formula is C12H26N2O. The molecule has 0 aromatic heterocycles. The molecule has 0 aliphatic carbocycles. The summed E-state index contributed by atoms with van der Waals surface area (Å²) in [4.78, 5) is 2.57. The van der Waals surface area contributed by atoms with E-state index < -0.39 is 0 Å². The van der Waals surface area contributed by atoms with E-state index in [9.17, 15) is 0 Å². The minimum Gasteiger partial charge on any atom is -0.384 e. The molecule has 1 aliphatic heterocycles. The molecule has 1 heterocycles. The number of nitrogens with zero attached hydrogens (tertiary/aromatic N) is 1. The summed E-state index contributed by atoms with van der Waals surface area (Å²) < 4.78 is 5.25. The van der Waals surface area contributed by atoms with Crippen LogP contribution < -0.4 is 5.32 Å². The summed E-state index contributed by atoms with van der Waals surface area (Å²) in [6.45, 7) is 10.2. The highest BCUT2D eigenvalue weighted by atomic mass is 16.5. The number of nitrogens with one attached hydrogen (secondary N) is 1. The van der Waals surface area contributed by atoms with Crippen molar-refractivity contribution < 1.29 is 4.74 Å². The van der Waals surface area contributed by atoms with Crippen LogP contribution >= 0.6 is 0 Å². The maximum absolute atomic E-state index is 5.25. The molecule has 3 heteroatoms. The molecule has 1 aliphatic rings. The van der Waals surface area contributed by atoms with Crippen molar-refractivity contribution in [2.24, 2.45) is 11.3 Å². The first-order valence-electron chi connectivity index (χ1n) is 5.93. The van der Waals surface area contributed by atoms with Gasteiger partial charge >= 0.3 is 0 Å². The van der Waals surface area contributed by atoms with E-state index in [0.29, 0.717) is 0 Å². The molecule has 0 bridgehead atoms. The van der Waals surface area contributed by atoms with Crippen LogP contribution in [-0.2, 0) is 4.74 Å². The van der Waals surface area contributed by atoms with Crippen LogP contribution in [0.1, 0.15) is 20.3 Å². The fourth-order valence-electron chi connectivity index (χ4n) is 2.55. The molecule has 1 N–H and O–H groups in total. The maximum atomic E-state index is 5.25. The van der Waals surface area contributed by atoms with Crippen LogP contribution in [-0.4, -0.2) is 51.8 Å². The van der Waals surface area contributed by atoms with Crippen LogP contribution in [0.25, 0.3) is 0 Å². The lowest BCUT2D eigenvalue weighted by molar-refractivity contribution is 0.0758. The molecule has 1 atom stereocenters. The van der Waals surface area contributed by atoms with Crippen LogP contribution in [0, 0.1) is 11.3 Å². The Labute approximate surface area is 94.2 Å². The summed E-state index contributed by atoms with van der Waals surface area (Å²) in [5.74, 6) is 0.841. The maximum Gasteiger partial charge on any atom is 0.0525 e. The summed E-state index contributed by atoms with van der Waals surface area (Å²) >= 11 is 0. The molecule has 0 aromatic rings. The summed E-state index contributed by atoms with van der Waals surface area (Å²) in [6, 6.07) is 0. The second-order valence-electron chi connectivity index (χ2n) is 5.54. The Kier molecular flexibility index (Phi) is 5.03. The van der Waals surface area contributed by atoms with Gasteiger partial charge in [-0.15, -0.1) is 0 Å². The first-order valence-corrected chi connectivity index (χ1v) is 5.93. The SMILES string of the molecule is CNCC1CCN(CC(C)(C)COC)C1. The molecule has 1 rings (SSSR count). The van der Waals surface area contributed by atoms with E-state index >= 15 is 0 Å². The van der Waals surface area contributed by atoms with Crippen molar-refractivity contribution in [3.8, 4) is 0 Å². The molecule has 3 nitrogen and oxygen atoms in total. The summed E-state index contributed by atoms with van der Waals surface area (Å²) in [6.07, 6.45) is 1.34. The molecule has 15 heavy (non-hydrogen) atoms. The molecule has 1 unspecified atom stereocenters. The molecule has 0 radical (unpaired) electrons. The van der Waals surface area contributed by atoms with Crippen LogP contribution in [0.2, 0.25) is 0 Å². The highest BCUT2D eigenvalue weighted by Gasteiger charge is 2.27. The predicted molar refractivity (Wildman–Crippen MR) is 64.1 cm³/mol. The van der Waals surface area contributed by atoms with Gasteiger partial charge in [-0.05, 0) is 32.5 Å². The van der Waals surface area contributed by atoms with E-state index in [1.165, 1.54) is 19.5 Å². The Morgan fingerprint density at radius 3 is 2.80 bits per heavy atom. The van der Waals surface area contributed by atoms with Gasteiger partial charge in [0.25, 0.3) is 0 Å². The van der Waals surface area contributed by atoms with Gasteiger partial charge in [-0.25, -0.2) is 0 Å². The highest BCUT2D eigenvalue weighted by molar-refractivity contribution is 4.81. The van der Waals surface area contributed by atoms with E-state index in [1.807, 2.05) is 7.05 Å². The quantitative estimate of drug-likeness (QED) is 0.719. The smallest absolute Gasteiger partial charge is 0.0525 e. The fraction of sp³-hybridized carbons (Fsp3) is 1.00. The van der Waals surface area contributed by atoms with Gasteiger partial charge in [0.1, 0.15) is 0 Å². The Hall–Kier alpha value is -0.120. The molecular weight excluding hydrogens is 188 g/mol. The van der Waals surface area contributed by atoms with E-state index in [0.717, 1.165) is 25.6 Å². The number of methoxy groups -OCH3 is 1. The zero-order valence-electron chi connectivity index (χ0n) is 10.7. The Balaban J connectivity index is 2.28. The third-order valence-electron chi connectivity index (χ3n) is 3.05. The zero-order valence-corrected chi connectivity index (χ0v) is 10.7. The van der Waals surface area contributed by atoms with Crippen LogP contribution in [0.5, 0.6) is 0 Å². The number of rotatable bonds is 6. The van der Waals surface area contributed by atoms with Gasteiger partial charge in [0.2, 0.25) is 0 Å². The molecule has 90 valence electrons. The van der Waals surface area contributed by atoms with Gasteiger partial charge in [0.15, 0.2) is 0 Å². The van der Waals surface area contributed by atoms with E-state index in [-0.39, 0.29) is 5.41 Å². The van der Waals surface area contributed by atoms with Crippen molar-refractivity contribution in [3.05, 3.63) is 0 Å². The van der Waals surface area contributed by atoms with Crippen LogP contribution in [0.15, 0.2) is 0 Å². The minimum atomic E-state index is 0.281. The van der Waals surface area contributed by atoms with Gasteiger partial charge in [-0.1, -0.05) is 13.8 Å². The second kappa shape index (κ2) is 5.83. The fourth-order valence-corrected chi connectivity index (χ4v) is 2.55. The molecule has 0 spiro atoms. The van der Waals surface area contributed by atoms with E-state index in [1.54, 1.807) is 7.11 Å². The third-order valence-corrected chi connectivity index (χ3v) is 3.05. The largest absolute Gasteiger partial charge is 0.384 e. The van der Waals surface area contributed by atoms with Gasteiger partial charge in [0.05, 0.1) is 6.61 Å². The monoisotopic (exact) mass is 214 g/mol. The summed E-state index contributed by atoms with van der Waals surface area (Å²) in [5.41, 5.74) is 0.281. The number of hydrogen-bond donors (Lipinski definition) is 1. The van der Waals surface area contributed by atoms with Gasteiger partial charge in [-0.2, -0.15) is 0 Å². The minimum absolute atomic E-state index is 0.281. The van der Waals surface area contributed by atoms with Crippen molar-refractivity contribution in [2.45, 2.75) is 20.3 Å². The van der Waals surface area contributed by atoms with E-state index in [2.05, 4.69) is 24.1 Å². The predicted octanol–water partition coefficient (Wildman–Crippen LogP) is 1.20. The highest BCUT2D eigenvalue weighted by Crippen LogP contribution is 2.22. The summed E-state index contributed by atoms with van der Waals surface area (Å²) in [7, 11) is 3.83. The molecule has 0 aromatic carbocycles. The Morgan fingerprint density at radius 1 is 1.47 bits per heavy atom. The molecule has 0 saturated carbocycles. The number of ether oxygens (including phenoxy) is 1. The van der Waals surface area contributed by atoms with Gasteiger partial charge in [0, 0.05) is 25.6 Å². The first-order chi connectivity index (χ1) is 7.07. The van der Waals surface area contributed by atoms with Crippen LogP contribution in [0.4, 0.5) is 0 Å². The van der Waals surface area contributed by atoms with Gasteiger partial charge in [-0.3, -0.25) is 0 Å². The lowest BCUT2D eigenvalue weighted by Gasteiger charge is -2.29. The molecule has 1 fully saturated rings. The average Bonchev–Trinajstić information content (AvgIpc) is 2.52. The third kappa shape index (κ3) is 4.49. The molecule has 1 saturated heterocycles. The van der Waals surface area contributed by atoms with Crippen molar-refractivity contribution >= 4 is 0 Å². The van der Waals surface area contributed by atoms with Crippen molar-refractivity contribution in [1.29, 1.82) is 0 Å². The lowest BCUT2D eigenvalue weighted by atomic mass is 9.94. The van der Waals surface area contributed by atoms with Crippen molar-refractivity contribution in [3.63, 3.8) is 0 Å².